The van der Waals surface area contributed by atoms with Crippen molar-refractivity contribution in [1.29, 1.82) is 0 Å². The van der Waals surface area contributed by atoms with Crippen LogP contribution in [0.5, 0.6) is 0 Å². The highest BCUT2D eigenvalue weighted by molar-refractivity contribution is 7.92. The number of ether oxygens (including phenoxy) is 1. The number of esters is 1. The molecule has 1 aromatic heterocycles. The van der Waals surface area contributed by atoms with Crippen LogP contribution in [0.4, 0.5) is 5.82 Å². The number of rotatable bonds is 5. The van der Waals surface area contributed by atoms with Crippen molar-refractivity contribution < 1.29 is 17.9 Å². The average molecular weight is 289 g/mol. The highest BCUT2D eigenvalue weighted by Gasteiger charge is 2.32. The van der Waals surface area contributed by atoms with Crippen molar-refractivity contribution in [2.75, 3.05) is 18.6 Å². The Kier molecular flexibility index (Phi) is 4.24. The van der Waals surface area contributed by atoms with Crippen molar-refractivity contribution >= 4 is 21.6 Å². The van der Waals surface area contributed by atoms with E-state index in [2.05, 4.69) is 4.98 Å². The lowest BCUT2D eigenvalue weighted by Gasteiger charge is -2.23. The summed E-state index contributed by atoms with van der Waals surface area (Å²) in [5.74, 6) is -0.508. The largest absolute Gasteiger partial charge is 0.461 e. The molecule has 0 aliphatic rings. The number of hydrogen-bond donors (Lipinski definition) is 1. The molecule has 0 aliphatic heterocycles. The van der Waals surface area contributed by atoms with Gasteiger partial charge in [-0.2, -0.15) is 0 Å². The first kappa shape index (κ1) is 15.5. The maximum Gasteiger partial charge on any atom is 0.360 e. The summed E-state index contributed by atoms with van der Waals surface area (Å²) < 4.78 is 28.5. The maximum absolute atomic E-state index is 11.6. The van der Waals surface area contributed by atoms with Crippen LogP contribution in [0.3, 0.4) is 0 Å². The first-order chi connectivity index (χ1) is 8.60. The molecule has 19 heavy (non-hydrogen) atoms. The first-order valence-electron chi connectivity index (χ1n) is 5.77. The summed E-state index contributed by atoms with van der Waals surface area (Å²) in [7, 11) is -3.26. The predicted octanol–water partition coefficient (Wildman–Crippen LogP) is 0.465. The molecule has 0 saturated carbocycles. The smallest absolute Gasteiger partial charge is 0.360 e. The number of carbonyl (C=O) groups is 1. The number of hydrogen-bond acceptors (Lipinski definition) is 6. The van der Waals surface area contributed by atoms with Crippen molar-refractivity contribution in [1.82, 2.24) is 9.55 Å². The molecule has 0 saturated heterocycles. The molecule has 0 atom stereocenters. The van der Waals surface area contributed by atoms with E-state index in [-0.39, 0.29) is 24.7 Å². The Bertz CT molecular complexity index is 575. The Labute approximate surface area is 112 Å². The fourth-order valence-electron chi connectivity index (χ4n) is 1.40. The predicted molar refractivity (Wildman–Crippen MR) is 71.5 cm³/mol. The lowest BCUT2D eigenvalue weighted by atomic mass is 10.2. The molecule has 1 rings (SSSR count). The van der Waals surface area contributed by atoms with Crippen molar-refractivity contribution in [3.63, 3.8) is 0 Å². The summed E-state index contributed by atoms with van der Waals surface area (Å²) in [6.07, 6.45) is 2.50. The third-order valence-corrected chi connectivity index (χ3v) is 5.04. The molecule has 0 fully saturated rings. The van der Waals surface area contributed by atoms with Gasteiger partial charge in [-0.3, -0.25) is 0 Å². The molecule has 8 heteroatoms. The zero-order valence-electron chi connectivity index (χ0n) is 11.5. The van der Waals surface area contributed by atoms with Crippen LogP contribution in [-0.4, -0.2) is 41.5 Å². The van der Waals surface area contributed by atoms with E-state index in [1.807, 2.05) is 0 Å². The lowest BCUT2D eigenvalue weighted by Crippen LogP contribution is -2.36. The second kappa shape index (κ2) is 5.20. The standard InChI is InChI=1S/C11H19N3O4S/c1-5-18-10(15)8-9(12)14(7-13-8)6-11(2,3)19(4,16)17/h7H,5-6,12H2,1-4H3. The van der Waals surface area contributed by atoms with Crippen LogP contribution in [0, 0.1) is 0 Å². The molecule has 0 bridgehead atoms. The number of imidazole rings is 1. The molecule has 0 unspecified atom stereocenters. The van der Waals surface area contributed by atoms with Gasteiger partial charge in [-0.05, 0) is 20.8 Å². The summed E-state index contributed by atoms with van der Waals surface area (Å²) in [4.78, 5) is 15.4. The average Bonchev–Trinajstić information content (AvgIpc) is 2.59. The van der Waals surface area contributed by atoms with Gasteiger partial charge in [-0.1, -0.05) is 0 Å². The van der Waals surface area contributed by atoms with Crippen LogP contribution in [0.15, 0.2) is 6.33 Å². The van der Waals surface area contributed by atoms with Gasteiger partial charge in [0.1, 0.15) is 5.82 Å². The maximum atomic E-state index is 11.6. The topological polar surface area (TPSA) is 104 Å². The molecule has 1 heterocycles. The van der Waals surface area contributed by atoms with Crippen molar-refractivity contribution in [2.24, 2.45) is 0 Å². The first-order valence-corrected chi connectivity index (χ1v) is 7.66. The van der Waals surface area contributed by atoms with E-state index in [9.17, 15) is 13.2 Å². The highest BCUT2D eigenvalue weighted by atomic mass is 32.2. The van der Waals surface area contributed by atoms with Crippen molar-refractivity contribution in [3.8, 4) is 0 Å². The Morgan fingerprint density at radius 3 is 2.58 bits per heavy atom. The summed E-state index contributed by atoms with van der Waals surface area (Å²) in [5.41, 5.74) is 5.80. The van der Waals surface area contributed by atoms with E-state index in [4.69, 9.17) is 10.5 Å². The quantitative estimate of drug-likeness (QED) is 0.790. The molecule has 108 valence electrons. The van der Waals surface area contributed by atoms with E-state index in [1.54, 1.807) is 20.8 Å². The minimum atomic E-state index is -3.26. The van der Waals surface area contributed by atoms with Gasteiger partial charge < -0.3 is 15.0 Å². The minimum absolute atomic E-state index is 0.00570. The van der Waals surface area contributed by atoms with Gasteiger partial charge in [-0.15, -0.1) is 0 Å². The van der Waals surface area contributed by atoms with Gasteiger partial charge >= 0.3 is 5.97 Å². The SMILES string of the molecule is CCOC(=O)c1ncn(CC(C)(C)S(C)(=O)=O)c1N. The van der Waals surface area contributed by atoms with Crippen LogP contribution >= 0.6 is 0 Å². The fraction of sp³-hybridized carbons (Fsp3) is 0.636. The van der Waals surface area contributed by atoms with Gasteiger partial charge in [0.25, 0.3) is 0 Å². The van der Waals surface area contributed by atoms with Gasteiger partial charge in [0.15, 0.2) is 15.5 Å². The Morgan fingerprint density at radius 2 is 2.11 bits per heavy atom. The molecule has 0 spiro atoms. The number of carbonyl (C=O) groups excluding carboxylic acids is 1. The number of sulfone groups is 1. The summed E-state index contributed by atoms with van der Waals surface area (Å²) in [6.45, 7) is 5.19. The van der Waals surface area contributed by atoms with Crippen LogP contribution in [0.1, 0.15) is 31.3 Å². The molecular formula is C11H19N3O4S. The van der Waals surface area contributed by atoms with Crippen molar-refractivity contribution in [3.05, 3.63) is 12.0 Å². The minimum Gasteiger partial charge on any atom is -0.461 e. The molecule has 0 amide bonds. The van der Waals surface area contributed by atoms with Crippen LogP contribution in [-0.2, 0) is 21.1 Å². The second-order valence-corrected chi connectivity index (χ2v) is 7.51. The molecule has 7 nitrogen and oxygen atoms in total. The summed E-state index contributed by atoms with van der Waals surface area (Å²) in [5, 5.41) is 0. The normalized spacial score (nSPS) is 12.4. The van der Waals surface area contributed by atoms with Gasteiger partial charge in [0, 0.05) is 12.8 Å². The molecule has 0 aliphatic carbocycles. The molecule has 0 aromatic carbocycles. The zero-order chi connectivity index (χ0) is 14.8. The van der Waals surface area contributed by atoms with E-state index in [0.717, 1.165) is 6.26 Å². The number of nitrogen functional groups attached to an aromatic ring is 1. The van der Waals surface area contributed by atoms with E-state index in [0.29, 0.717) is 0 Å². The van der Waals surface area contributed by atoms with Gasteiger partial charge in [-0.25, -0.2) is 18.2 Å². The fourth-order valence-corrected chi connectivity index (χ4v) is 1.78. The van der Waals surface area contributed by atoms with E-state index in [1.165, 1.54) is 10.9 Å². The van der Waals surface area contributed by atoms with Gasteiger partial charge in [0.05, 0.1) is 17.7 Å². The summed E-state index contributed by atoms with van der Waals surface area (Å²) in [6, 6.07) is 0. The van der Waals surface area contributed by atoms with Crippen molar-refractivity contribution in [2.45, 2.75) is 32.1 Å². The number of anilines is 1. The third-order valence-electron chi connectivity index (χ3n) is 2.90. The zero-order valence-corrected chi connectivity index (χ0v) is 12.3. The van der Waals surface area contributed by atoms with E-state index >= 15 is 0 Å². The van der Waals surface area contributed by atoms with Crippen LogP contribution in [0.2, 0.25) is 0 Å². The van der Waals surface area contributed by atoms with E-state index < -0.39 is 20.6 Å². The van der Waals surface area contributed by atoms with Crippen LogP contribution in [0.25, 0.3) is 0 Å². The second-order valence-electron chi connectivity index (χ2n) is 4.86. The number of aromatic nitrogens is 2. The Hall–Kier alpha value is -1.57. The molecule has 1 aromatic rings. The lowest BCUT2D eigenvalue weighted by molar-refractivity contribution is 0.0521. The number of nitrogens with two attached hydrogens (primary N) is 1. The van der Waals surface area contributed by atoms with Crippen LogP contribution < -0.4 is 5.73 Å². The number of nitrogens with zero attached hydrogens (tertiary/aromatic N) is 2. The Morgan fingerprint density at radius 1 is 1.53 bits per heavy atom. The third kappa shape index (κ3) is 3.25. The molecule has 2 N–H and O–H groups in total. The molecule has 0 radical (unpaired) electrons. The monoisotopic (exact) mass is 289 g/mol. The molecular weight excluding hydrogens is 270 g/mol. The van der Waals surface area contributed by atoms with Gasteiger partial charge in [0.2, 0.25) is 0 Å². The summed E-state index contributed by atoms with van der Waals surface area (Å²) >= 11 is 0. The Balaban J connectivity index is 3.03. The highest BCUT2D eigenvalue weighted by Crippen LogP contribution is 2.21.